The van der Waals surface area contributed by atoms with Crippen molar-refractivity contribution in [3.05, 3.63) is 51.2 Å². The van der Waals surface area contributed by atoms with Crippen LogP contribution in [-0.2, 0) is 27.9 Å². The third-order valence-corrected chi connectivity index (χ3v) is 11.0. The second-order valence-electron chi connectivity index (χ2n) is 13.8. The number of alkyl halides is 3. The first-order chi connectivity index (χ1) is 22.3. The zero-order valence-corrected chi connectivity index (χ0v) is 25.7. The predicted molar refractivity (Wildman–Crippen MR) is 157 cm³/mol. The lowest BCUT2D eigenvalue weighted by Gasteiger charge is -2.70. The second-order valence-corrected chi connectivity index (χ2v) is 13.8. The zero-order chi connectivity index (χ0) is 32.9. The van der Waals surface area contributed by atoms with Crippen molar-refractivity contribution in [2.45, 2.75) is 82.0 Å². The fourth-order valence-corrected chi connectivity index (χ4v) is 8.52. The SMILES string of the molecule is Cc1ncnc(C(=O)N2CCC3(CCc4c3c(=O)n3nc(C5=CCOCC5)nc3n4CC(=O)NC34CC(C(F)(F)F)(C3)C4)CC2)c1O. The van der Waals surface area contributed by atoms with Crippen LogP contribution in [0.25, 0.3) is 11.4 Å². The third kappa shape index (κ3) is 4.43. The smallest absolute Gasteiger partial charge is 0.394 e. The molecule has 2 amide bonds. The van der Waals surface area contributed by atoms with Crippen molar-refractivity contribution in [2.75, 3.05) is 26.3 Å². The molecule has 0 unspecified atom stereocenters. The number of carbonyl (C=O) groups is 2. The number of hydrogen-bond acceptors (Lipinski definition) is 9. The molecule has 2 aliphatic heterocycles. The van der Waals surface area contributed by atoms with Crippen LogP contribution in [0, 0.1) is 12.3 Å². The number of amides is 2. The Morgan fingerprint density at radius 2 is 1.85 bits per heavy atom. The molecule has 4 fully saturated rings. The number of likely N-dealkylation sites (tertiary alicyclic amines) is 1. The molecule has 6 aliphatic rings. The summed E-state index contributed by atoms with van der Waals surface area (Å²) in [5, 5.41) is 17.8. The van der Waals surface area contributed by atoms with Crippen molar-refractivity contribution >= 4 is 23.2 Å². The molecule has 3 saturated carbocycles. The van der Waals surface area contributed by atoms with Gasteiger partial charge in [-0.2, -0.15) is 22.7 Å². The number of rotatable bonds is 5. The number of nitrogens with one attached hydrogen (secondary N) is 1. The van der Waals surface area contributed by atoms with Gasteiger partial charge in [0.2, 0.25) is 11.7 Å². The Morgan fingerprint density at radius 3 is 2.53 bits per heavy atom. The fraction of sp³-hybridized carbons (Fsp3) is 0.581. The van der Waals surface area contributed by atoms with Gasteiger partial charge in [-0.1, -0.05) is 6.08 Å². The van der Waals surface area contributed by atoms with Crippen molar-refractivity contribution in [3.8, 4) is 5.75 Å². The molecule has 248 valence electrons. The molecule has 2 bridgehead atoms. The van der Waals surface area contributed by atoms with Crippen molar-refractivity contribution in [3.63, 3.8) is 0 Å². The Balaban J connectivity index is 1.12. The quantitative estimate of drug-likeness (QED) is 0.421. The molecule has 2 N–H and O–H groups in total. The second kappa shape index (κ2) is 10.1. The van der Waals surface area contributed by atoms with E-state index in [0.29, 0.717) is 81.2 Å². The van der Waals surface area contributed by atoms with E-state index in [-0.39, 0.29) is 48.6 Å². The standard InChI is InChI=1S/C31H33F3N8O5/c1-17-23(44)22(36-16-35-17)26(46)40-8-6-28(7-9-40)5-2-19-21(28)25(45)42-27(37-24(39-42)18-3-10-47-11-4-18)41(19)12-20(43)38-30-13-29(14-30,15-30)31(32,33)34/h3,16,44H,2,4-15H2,1H3,(H,38,43). The highest BCUT2D eigenvalue weighted by atomic mass is 19.4. The molecule has 4 aliphatic carbocycles. The van der Waals surface area contributed by atoms with Gasteiger partial charge in [0.05, 0.1) is 24.3 Å². The summed E-state index contributed by atoms with van der Waals surface area (Å²) in [5.74, 6) is -0.553. The van der Waals surface area contributed by atoms with E-state index in [4.69, 9.17) is 9.72 Å². The maximum Gasteiger partial charge on any atom is 0.394 e. The first-order valence-electron chi connectivity index (χ1n) is 15.8. The van der Waals surface area contributed by atoms with E-state index in [9.17, 15) is 32.7 Å². The molecule has 9 rings (SSSR count). The minimum absolute atomic E-state index is 0.0715. The van der Waals surface area contributed by atoms with E-state index >= 15 is 0 Å². The van der Waals surface area contributed by atoms with Gasteiger partial charge in [0.1, 0.15) is 12.9 Å². The first-order valence-corrected chi connectivity index (χ1v) is 15.8. The molecule has 13 nitrogen and oxygen atoms in total. The van der Waals surface area contributed by atoms with Crippen LogP contribution in [0.5, 0.6) is 5.75 Å². The molecule has 0 atom stereocenters. The highest BCUT2D eigenvalue weighted by Crippen LogP contribution is 2.73. The molecule has 1 saturated heterocycles. The summed E-state index contributed by atoms with van der Waals surface area (Å²) in [5.41, 5.74) is -1.22. The molecule has 47 heavy (non-hydrogen) atoms. The first kappa shape index (κ1) is 30.0. The molecule has 5 heterocycles. The lowest BCUT2D eigenvalue weighted by Crippen LogP contribution is -2.78. The summed E-state index contributed by atoms with van der Waals surface area (Å²) in [6.45, 7) is 2.87. The molecule has 0 aromatic carbocycles. The van der Waals surface area contributed by atoms with E-state index in [1.807, 2.05) is 6.08 Å². The topological polar surface area (TPSA) is 157 Å². The Hall–Kier alpha value is -4.34. The minimum atomic E-state index is -4.29. The monoisotopic (exact) mass is 654 g/mol. The highest BCUT2D eigenvalue weighted by molar-refractivity contribution is 5.95. The zero-order valence-electron chi connectivity index (χ0n) is 25.7. The van der Waals surface area contributed by atoms with Crippen molar-refractivity contribution in [2.24, 2.45) is 5.41 Å². The van der Waals surface area contributed by atoms with E-state index in [0.717, 1.165) is 5.57 Å². The van der Waals surface area contributed by atoms with Crippen LogP contribution in [-0.4, -0.2) is 89.0 Å². The number of piperidine rings is 1. The number of nitrogens with zero attached hydrogens (tertiary/aromatic N) is 7. The van der Waals surface area contributed by atoms with Gasteiger partial charge in [0.15, 0.2) is 17.3 Å². The number of aryl methyl sites for hydroxylation is 1. The number of carbonyl (C=O) groups excluding carboxylic acids is 2. The van der Waals surface area contributed by atoms with Crippen molar-refractivity contribution in [1.29, 1.82) is 0 Å². The molecular formula is C31H33F3N8O5. The molecule has 1 spiro atoms. The fourth-order valence-electron chi connectivity index (χ4n) is 8.52. The Kier molecular flexibility index (Phi) is 6.44. The Labute approximate surface area is 265 Å². The molecule has 3 aromatic heterocycles. The number of aromatic hydroxyl groups is 1. The minimum Gasteiger partial charge on any atom is -0.504 e. The van der Waals surface area contributed by atoms with Crippen LogP contribution in [0.1, 0.15) is 78.2 Å². The predicted octanol–water partition coefficient (Wildman–Crippen LogP) is 2.22. The van der Waals surface area contributed by atoms with Crippen LogP contribution < -0.4 is 10.9 Å². The Bertz CT molecular complexity index is 1920. The van der Waals surface area contributed by atoms with E-state index in [1.165, 1.54) is 10.8 Å². The largest absolute Gasteiger partial charge is 0.504 e. The summed E-state index contributed by atoms with van der Waals surface area (Å²) >= 11 is 0. The summed E-state index contributed by atoms with van der Waals surface area (Å²) in [6, 6.07) is 0. The average molecular weight is 655 g/mol. The molecule has 16 heteroatoms. The lowest BCUT2D eigenvalue weighted by molar-refractivity contribution is -0.337. The molecule has 0 radical (unpaired) electrons. The van der Waals surface area contributed by atoms with Crippen LogP contribution in [0.2, 0.25) is 0 Å². The van der Waals surface area contributed by atoms with Crippen LogP contribution in [0.4, 0.5) is 13.2 Å². The van der Waals surface area contributed by atoms with E-state index in [1.54, 1.807) is 16.4 Å². The van der Waals surface area contributed by atoms with Gasteiger partial charge in [-0.15, -0.1) is 5.10 Å². The average Bonchev–Trinajstić information content (AvgIpc) is 3.61. The van der Waals surface area contributed by atoms with Crippen LogP contribution >= 0.6 is 0 Å². The summed E-state index contributed by atoms with van der Waals surface area (Å²) in [7, 11) is 0. The van der Waals surface area contributed by atoms with Gasteiger partial charge in [-0.3, -0.25) is 14.4 Å². The van der Waals surface area contributed by atoms with E-state index < -0.39 is 34.4 Å². The van der Waals surface area contributed by atoms with Gasteiger partial charge in [-0.05, 0) is 63.9 Å². The third-order valence-electron chi connectivity index (χ3n) is 11.0. The maximum absolute atomic E-state index is 14.2. The number of aromatic nitrogens is 6. The normalized spacial score (nSPS) is 26.0. The molecular weight excluding hydrogens is 621 g/mol. The van der Waals surface area contributed by atoms with Gasteiger partial charge < -0.3 is 24.6 Å². The Morgan fingerprint density at radius 1 is 1.11 bits per heavy atom. The van der Waals surface area contributed by atoms with Gasteiger partial charge in [0, 0.05) is 35.3 Å². The van der Waals surface area contributed by atoms with Gasteiger partial charge in [0.25, 0.3) is 11.5 Å². The van der Waals surface area contributed by atoms with Gasteiger partial charge >= 0.3 is 6.18 Å². The summed E-state index contributed by atoms with van der Waals surface area (Å²) in [6.07, 6.45) is 1.03. The highest BCUT2D eigenvalue weighted by Gasteiger charge is 2.79. The van der Waals surface area contributed by atoms with Gasteiger partial charge in [-0.25, -0.2) is 9.97 Å². The van der Waals surface area contributed by atoms with Crippen LogP contribution in [0.15, 0.2) is 17.2 Å². The molecule has 3 aromatic rings. The van der Waals surface area contributed by atoms with Crippen LogP contribution in [0.3, 0.4) is 0 Å². The number of ether oxygens (including phenoxy) is 1. The van der Waals surface area contributed by atoms with Crippen molar-refractivity contribution < 1.29 is 32.6 Å². The number of hydrogen-bond donors (Lipinski definition) is 2. The van der Waals surface area contributed by atoms with E-state index in [2.05, 4.69) is 20.4 Å². The number of halogens is 3. The summed E-state index contributed by atoms with van der Waals surface area (Å²) in [4.78, 5) is 55.2. The maximum atomic E-state index is 14.2. The van der Waals surface area contributed by atoms with Crippen molar-refractivity contribution in [1.82, 2.24) is 39.3 Å². The number of fused-ring (bicyclic) bond motifs is 3. The summed E-state index contributed by atoms with van der Waals surface area (Å²) < 4.78 is 48.7. The lowest BCUT2D eigenvalue weighted by atomic mass is 9.39.